The standard InChI is InChI=1S/C26H35N3O2S2Si/c1-9-11-13-21-18(4)34(7,8)22(12-10-2)17(3)29(21)23-15-14-19(33-23)16-20-24(30)27(5)26(32)28(6)25(20)31/h9,11,13-17,22H,1,10,12H2,2-8H3/b13-11-/t17?,22-/m1/s1. The minimum Gasteiger partial charge on any atom is -0.331 e. The van der Waals surface area contributed by atoms with Crippen LogP contribution in [-0.4, -0.2) is 54.9 Å². The van der Waals surface area contributed by atoms with Gasteiger partial charge in [0.2, 0.25) is 0 Å². The summed E-state index contributed by atoms with van der Waals surface area (Å²) in [6.45, 7) is 15.7. The molecule has 34 heavy (non-hydrogen) atoms. The summed E-state index contributed by atoms with van der Waals surface area (Å²) in [7, 11) is 1.57. The average molecular weight is 514 g/mol. The minimum atomic E-state index is -1.63. The van der Waals surface area contributed by atoms with Gasteiger partial charge in [0.05, 0.1) is 13.1 Å². The summed E-state index contributed by atoms with van der Waals surface area (Å²) < 4.78 is 0. The van der Waals surface area contributed by atoms with Crippen molar-refractivity contribution in [1.29, 1.82) is 0 Å². The number of amides is 2. The number of rotatable bonds is 6. The summed E-state index contributed by atoms with van der Waals surface area (Å²) in [5.74, 6) is -0.731. The Kier molecular flexibility index (Phi) is 7.84. The Labute approximate surface area is 214 Å². The van der Waals surface area contributed by atoms with Gasteiger partial charge in [-0.1, -0.05) is 56.8 Å². The van der Waals surface area contributed by atoms with Gasteiger partial charge in [0.15, 0.2) is 5.11 Å². The van der Waals surface area contributed by atoms with Gasteiger partial charge in [0.1, 0.15) is 5.57 Å². The molecule has 0 aromatic carbocycles. The average Bonchev–Trinajstić information content (AvgIpc) is 3.26. The first-order valence-corrected chi connectivity index (χ1v) is 16.0. The zero-order valence-corrected chi connectivity index (χ0v) is 23.8. The van der Waals surface area contributed by atoms with Crippen molar-refractivity contribution in [1.82, 2.24) is 9.80 Å². The lowest BCUT2D eigenvalue weighted by Crippen LogP contribution is -2.52. The lowest BCUT2D eigenvalue weighted by Gasteiger charge is -2.49. The molecular weight excluding hydrogens is 479 g/mol. The normalized spacial score (nSPS) is 23.4. The number of thiophene rings is 1. The molecule has 0 spiro atoms. The van der Waals surface area contributed by atoms with Gasteiger partial charge in [-0.2, -0.15) is 0 Å². The summed E-state index contributed by atoms with van der Waals surface area (Å²) in [5, 5.41) is 2.82. The lowest BCUT2D eigenvalue weighted by molar-refractivity contribution is -0.132. The van der Waals surface area contributed by atoms with Gasteiger partial charge in [0.25, 0.3) is 11.8 Å². The number of allylic oxidation sites excluding steroid dienone is 4. The lowest BCUT2D eigenvalue weighted by atomic mass is 10.1. The molecule has 0 N–H and O–H groups in total. The predicted octanol–water partition coefficient (Wildman–Crippen LogP) is 5.99. The molecule has 2 aliphatic heterocycles. The van der Waals surface area contributed by atoms with E-state index in [1.807, 2.05) is 18.2 Å². The Morgan fingerprint density at radius 1 is 1.18 bits per heavy atom. The number of likely N-dealkylation sites (N-methyl/N-ethyl adjacent to an activating group) is 2. The molecule has 0 radical (unpaired) electrons. The summed E-state index contributed by atoms with van der Waals surface area (Å²) in [4.78, 5) is 31.5. The molecule has 5 nitrogen and oxygen atoms in total. The van der Waals surface area contributed by atoms with Crippen molar-refractivity contribution >= 4 is 59.6 Å². The molecule has 1 fully saturated rings. The fourth-order valence-electron chi connectivity index (χ4n) is 5.05. The van der Waals surface area contributed by atoms with E-state index >= 15 is 0 Å². The molecule has 1 unspecified atom stereocenters. The van der Waals surface area contributed by atoms with Gasteiger partial charge in [-0.25, -0.2) is 0 Å². The summed E-state index contributed by atoms with van der Waals surface area (Å²) in [6.07, 6.45) is 10.1. The Morgan fingerprint density at radius 2 is 1.79 bits per heavy atom. The van der Waals surface area contributed by atoms with Crippen LogP contribution in [0.3, 0.4) is 0 Å². The van der Waals surface area contributed by atoms with Crippen LogP contribution in [0.2, 0.25) is 18.6 Å². The Morgan fingerprint density at radius 3 is 2.35 bits per heavy atom. The molecule has 0 bridgehead atoms. The van der Waals surface area contributed by atoms with Crippen molar-refractivity contribution in [2.75, 3.05) is 19.0 Å². The number of carbonyl (C=O) groups excluding carboxylic acids is 2. The third kappa shape index (κ3) is 4.51. The van der Waals surface area contributed by atoms with Crippen molar-refractivity contribution in [3.63, 3.8) is 0 Å². The van der Waals surface area contributed by atoms with E-state index in [9.17, 15) is 9.59 Å². The summed E-state index contributed by atoms with van der Waals surface area (Å²) in [6, 6.07) is 4.44. The van der Waals surface area contributed by atoms with Gasteiger partial charge >= 0.3 is 0 Å². The molecule has 3 rings (SSSR count). The van der Waals surface area contributed by atoms with Gasteiger partial charge in [-0.15, -0.1) is 11.3 Å². The van der Waals surface area contributed by atoms with E-state index < -0.39 is 8.07 Å². The second-order valence-corrected chi connectivity index (χ2v) is 16.0. The van der Waals surface area contributed by atoms with E-state index in [0.717, 1.165) is 9.88 Å². The number of nitrogens with zero attached hydrogens (tertiary/aromatic N) is 3. The van der Waals surface area contributed by atoms with Crippen LogP contribution >= 0.6 is 23.6 Å². The van der Waals surface area contributed by atoms with Crippen LogP contribution < -0.4 is 4.90 Å². The molecule has 1 aromatic rings. The second-order valence-electron chi connectivity index (χ2n) is 9.58. The van der Waals surface area contributed by atoms with Gasteiger partial charge in [-0.3, -0.25) is 19.4 Å². The van der Waals surface area contributed by atoms with Crippen LogP contribution in [0.4, 0.5) is 5.00 Å². The largest absolute Gasteiger partial charge is 0.331 e. The molecule has 2 atom stereocenters. The van der Waals surface area contributed by atoms with E-state index in [2.05, 4.69) is 57.5 Å². The third-order valence-corrected chi connectivity index (χ3v) is 13.7. The SMILES string of the molecule is C=C/C=C\C1=C(C)[Si](C)(C)[C@H](CCC)C(C)N1c1ccc(C=C2C(=O)N(C)C(=S)N(C)C2=O)s1. The highest BCUT2D eigenvalue weighted by molar-refractivity contribution is 7.80. The smallest absolute Gasteiger partial charge is 0.265 e. The van der Waals surface area contributed by atoms with Crippen LogP contribution in [0.25, 0.3) is 6.08 Å². The Bertz CT molecular complexity index is 1090. The summed E-state index contributed by atoms with van der Waals surface area (Å²) >= 11 is 6.80. The van der Waals surface area contributed by atoms with E-state index in [-0.39, 0.29) is 22.5 Å². The van der Waals surface area contributed by atoms with Gasteiger partial charge in [-0.05, 0) is 55.9 Å². The van der Waals surface area contributed by atoms with E-state index in [0.29, 0.717) is 11.6 Å². The molecule has 1 saturated heterocycles. The molecule has 2 amide bonds. The van der Waals surface area contributed by atoms with Crippen LogP contribution in [-0.2, 0) is 9.59 Å². The molecule has 182 valence electrons. The number of thiocarbonyl (C=S) groups is 1. The first-order valence-electron chi connectivity index (χ1n) is 11.7. The predicted molar refractivity (Wildman–Crippen MR) is 151 cm³/mol. The van der Waals surface area contributed by atoms with E-state index in [1.54, 1.807) is 31.5 Å². The van der Waals surface area contributed by atoms with Crippen LogP contribution in [0.1, 0.15) is 38.5 Å². The molecule has 0 aliphatic carbocycles. The van der Waals surface area contributed by atoms with Gasteiger partial charge in [0, 0.05) is 30.7 Å². The maximum Gasteiger partial charge on any atom is 0.265 e. The first kappa shape index (κ1) is 26.3. The third-order valence-electron chi connectivity index (χ3n) is 7.30. The molecular formula is C26H35N3O2S2Si. The number of hydrogen-bond donors (Lipinski definition) is 0. The molecule has 3 heterocycles. The van der Waals surface area contributed by atoms with Crippen molar-refractivity contribution in [3.05, 3.63) is 58.3 Å². The van der Waals surface area contributed by atoms with Crippen LogP contribution in [0, 0.1) is 0 Å². The highest BCUT2D eigenvalue weighted by Gasteiger charge is 2.45. The Hall–Kier alpha value is -2.29. The zero-order chi connectivity index (χ0) is 25.4. The van der Waals surface area contributed by atoms with E-state index in [1.165, 1.54) is 33.5 Å². The highest BCUT2D eigenvalue weighted by atomic mass is 32.1. The van der Waals surface area contributed by atoms with Crippen molar-refractivity contribution in [2.24, 2.45) is 0 Å². The maximum absolute atomic E-state index is 12.8. The van der Waals surface area contributed by atoms with E-state index in [4.69, 9.17) is 12.2 Å². The molecule has 2 aliphatic rings. The Balaban J connectivity index is 2.07. The van der Waals surface area contributed by atoms with Crippen LogP contribution in [0.15, 0.2) is 53.4 Å². The quantitative estimate of drug-likeness (QED) is 0.154. The van der Waals surface area contributed by atoms with Crippen molar-refractivity contribution in [2.45, 2.75) is 58.3 Å². The molecule has 0 saturated carbocycles. The summed E-state index contributed by atoms with van der Waals surface area (Å²) in [5.41, 5.74) is 2.01. The molecule has 8 heteroatoms. The number of hydrogen-bond acceptors (Lipinski definition) is 5. The monoisotopic (exact) mass is 513 g/mol. The first-order chi connectivity index (χ1) is 16.0. The van der Waals surface area contributed by atoms with Crippen molar-refractivity contribution < 1.29 is 9.59 Å². The minimum absolute atomic E-state index is 0.134. The maximum atomic E-state index is 12.8. The van der Waals surface area contributed by atoms with Crippen molar-refractivity contribution in [3.8, 4) is 0 Å². The fraction of sp³-hybridized carbons (Fsp3) is 0.423. The second kappa shape index (κ2) is 10.1. The molecule has 1 aromatic heterocycles. The fourth-order valence-corrected chi connectivity index (χ4v) is 10.1. The highest BCUT2D eigenvalue weighted by Crippen LogP contribution is 2.47. The number of anilines is 1. The number of carbonyl (C=O) groups is 2. The zero-order valence-electron chi connectivity index (χ0n) is 21.2. The van der Waals surface area contributed by atoms with Crippen LogP contribution in [0.5, 0.6) is 0 Å². The topological polar surface area (TPSA) is 43.9 Å². The van der Waals surface area contributed by atoms with Gasteiger partial charge < -0.3 is 4.90 Å².